The highest BCUT2D eigenvalue weighted by molar-refractivity contribution is 7.09. The molecule has 8 heteroatoms. The van der Waals surface area contributed by atoms with E-state index >= 15 is 0 Å². The number of ether oxygens (including phenoxy) is 1. The molecule has 0 aliphatic heterocycles. The predicted octanol–water partition coefficient (Wildman–Crippen LogP) is 1.71. The lowest BCUT2D eigenvalue weighted by atomic mass is 10.4. The second-order valence-electron chi connectivity index (χ2n) is 4.19. The fraction of sp³-hybridized carbons (Fsp3) is 0.500. The van der Waals surface area contributed by atoms with Gasteiger partial charge in [0, 0.05) is 19.0 Å². The summed E-state index contributed by atoms with van der Waals surface area (Å²) < 4.78 is 5.10. The molecule has 2 aromatic heterocycles. The third-order valence-electron chi connectivity index (χ3n) is 2.53. The van der Waals surface area contributed by atoms with Crippen molar-refractivity contribution in [2.24, 2.45) is 0 Å². The third kappa shape index (κ3) is 3.53. The fourth-order valence-corrected chi connectivity index (χ4v) is 2.24. The maximum Gasteiger partial charge on any atom is 0.322 e. The highest BCUT2D eigenvalue weighted by atomic mass is 32.1. The van der Waals surface area contributed by atoms with Crippen molar-refractivity contribution < 1.29 is 4.74 Å². The summed E-state index contributed by atoms with van der Waals surface area (Å²) in [6.07, 6.45) is 0. The van der Waals surface area contributed by atoms with Crippen LogP contribution in [-0.4, -0.2) is 40.6 Å². The zero-order valence-corrected chi connectivity index (χ0v) is 12.9. The Morgan fingerprint density at radius 2 is 2.10 bits per heavy atom. The van der Waals surface area contributed by atoms with Crippen molar-refractivity contribution in [2.45, 2.75) is 20.4 Å². The van der Waals surface area contributed by atoms with Crippen molar-refractivity contribution >= 4 is 23.2 Å². The summed E-state index contributed by atoms with van der Waals surface area (Å²) in [5.74, 6) is 1.06. The van der Waals surface area contributed by atoms with Crippen LogP contribution in [-0.2, 0) is 6.54 Å². The minimum atomic E-state index is 0.298. The molecule has 0 aliphatic carbocycles. The van der Waals surface area contributed by atoms with E-state index in [0.717, 1.165) is 17.2 Å². The van der Waals surface area contributed by atoms with Crippen molar-refractivity contribution in [1.29, 1.82) is 0 Å². The number of anilines is 2. The summed E-state index contributed by atoms with van der Waals surface area (Å²) in [5, 5.41) is 6.15. The molecule has 0 atom stereocenters. The van der Waals surface area contributed by atoms with Crippen molar-refractivity contribution in [1.82, 2.24) is 19.9 Å². The van der Waals surface area contributed by atoms with Gasteiger partial charge in [-0.25, -0.2) is 4.98 Å². The van der Waals surface area contributed by atoms with E-state index in [1.165, 1.54) is 0 Å². The summed E-state index contributed by atoms with van der Waals surface area (Å²) in [4.78, 5) is 19.1. The average molecular weight is 294 g/mol. The molecule has 20 heavy (non-hydrogen) atoms. The third-order valence-corrected chi connectivity index (χ3v) is 3.35. The van der Waals surface area contributed by atoms with Gasteiger partial charge in [0.1, 0.15) is 0 Å². The topological polar surface area (TPSA) is 76.1 Å². The Kier molecular flexibility index (Phi) is 4.67. The van der Waals surface area contributed by atoms with Gasteiger partial charge in [0.05, 0.1) is 24.4 Å². The summed E-state index contributed by atoms with van der Waals surface area (Å²) in [6, 6.07) is 0.298. The first-order valence-electron chi connectivity index (χ1n) is 6.28. The minimum Gasteiger partial charge on any atom is -0.467 e. The molecule has 0 spiro atoms. The van der Waals surface area contributed by atoms with Gasteiger partial charge in [-0.3, -0.25) is 0 Å². The first-order chi connectivity index (χ1) is 9.62. The van der Waals surface area contributed by atoms with Crippen LogP contribution in [0.15, 0.2) is 5.38 Å². The number of aryl methyl sites for hydroxylation is 1. The van der Waals surface area contributed by atoms with Crippen LogP contribution in [0.5, 0.6) is 6.01 Å². The van der Waals surface area contributed by atoms with E-state index in [2.05, 4.69) is 25.3 Å². The van der Waals surface area contributed by atoms with Crippen molar-refractivity contribution in [3.63, 3.8) is 0 Å². The van der Waals surface area contributed by atoms with E-state index in [4.69, 9.17) is 4.74 Å². The zero-order valence-electron chi connectivity index (χ0n) is 12.0. The van der Waals surface area contributed by atoms with Gasteiger partial charge >= 0.3 is 6.01 Å². The largest absolute Gasteiger partial charge is 0.467 e. The quantitative estimate of drug-likeness (QED) is 0.869. The van der Waals surface area contributed by atoms with E-state index < -0.39 is 0 Å². The van der Waals surface area contributed by atoms with Crippen LogP contribution in [0.4, 0.5) is 11.9 Å². The smallest absolute Gasteiger partial charge is 0.322 e. The Morgan fingerprint density at radius 3 is 2.70 bits per heavy atom. The SMILES string of the molecule is CCNc1nc(OC)nc(N(C)Cc2csc(C)n2)n1. The number of nitrogens with one attached hydrogen (secondary N) is 1. The van der Waals surface area contributed by atoms with Crippen LogP contribution in [0.2, 0.25) is 0 Å². The van der Waals surface area contributed by atoms with Gasteiger partial charge in [-0.1, -0.05) is 0 Å². The maximum absolute atomic E-state index is 5.10. The summed E-state index contributed by atoms with van der Waals surface area (Å²) in [5.41, 5.74) is 0.999. The van der Waals surface area contributed by atoms with Gasteiger partial charge < -0.3 is 15.0 Å². The fourth-order valence-electron chi connectivity index (χ4n) is 1.64. The van der Waals surface area contributed by atoms with Crippen LogP contribution in [0.1, 0.15) is 17.6 Å². The van der Waals surface area contributed by atoms with E-state index in [9.17, 15) is 0 Å². The number of hydrogen-bond acceptors (Lipinski definition) is 8. The van der Waals surface area contributed by atoms with Crippen LogP contribution >= 0.6 is 11.3 Å². The van der Waals surface area contributed by atoms with Gasteiger partial charge in [0.25, 0.3) is 0 Å². The molecule has 108 valence electrons. The number of thiazole rings is 1. The molecular formula is C12H18N6OS. The van der Waals surface area contributed by atoms with Crippen LogP contribution in [0.3, 0.4) is 0 Å². The Morgan fingerprint density at radius 1 is 1.30 bits per heavy atom. The van der Waals surface area contributed by atoms with E-state index in [0.29, 0.717) is 24.5 Å². The van der Waals surface area contributed by atoms with Gasteiger partial charge in [-0.2, -0.15) is 15.0 Å². The normalized spacial score (nSPS) is 10.4. The molecule has 7 nitrogen and oxygen atoms in total. The number of nitrogens with zero attached hydrogens (tertiary/aromatic N) is 5. The molecule has 0 fully saturated rings. The minimum absolute atomic E-state index is 0.298. The van der Waals surface area contributed by atoms with E-state index in [-0.39, 0.29) is 0 Å². The molecular weight excluding hydrogens is 276 g/mol. The standard InChI is InChI=1S/C12H18N6OS/c1-5-13-10-15-11(17-12(16-10)19-4)18(3)6-9-7-20-8(2)14-9/h7H,5-6H2,1-4H3,(H,13,15,16,17). The van der Waals surface area contributed by atoms with E-state index in [1.807, 2.05) is 31.2 Å². The van der Waals surface area contributed by atoms with Gasteiger partial charge in [-0.05, 0) is 13.8 Å². The molecule has 0 radical (unpaired) electrons. The predicted molar refractivity (Wildman–Crippen MR) is 79.5 cm³/mol. The molecule has 0 saturated heterocycles. The lowest BCUT2D eigenvalue weighted by Gasteiger charge is -2.16. The Balaban J connectivity index is 2.19. The molecule has 0 aromatic carbocycles. The number of rotatable bonds is 6. The first kappa shape index (κ1) is 14.4. The molecule has 0 bridgehead atoms. The van der Waals surface area contributed by atoms with Crippen LogP contribution in [0, 0.1) is 6.92 Å². The second-order valence-corrected chi connectivity index (χ2v) is 5.25. The molecule has 0 aliphatic rings. The lowest BCUT2D eigenvalue weighted by Crippen LogP contribution is -2.21. The Labute approximate surface area is 122 Å². The second kappa shape index (κ2) is 6.47. The average Bonchev–Trinajstić information content (AvgIpc) is 2.84. The maximum atomic E-state index is 5.10. The number of hydrogen-bond donors (Lipinski definition) is 1. The monoisotopic (exact) mass is 294 g/mol. The first-order valence-corrected chi connectivity index (χ1v) is 7.16. The summed E-state index contributed by atoms with van der Waals surface area (Å²) in [6.45, 7) is 5.35. The highest BCUT2D eigenvalue weighted by Crippen LogP contribution is 2.16. The Hall–Kier alpha value is -1.96. The van der Waals surface area contributed by atoms with Crippen molar-refractivity contribution in [3.05, 3.63) is 16.1 Å². The lowest BCUT2D eigenvalue weighted by molar-refractivity contribution is 0.379. The van der Waals surface area contributed by atoms with Crippen molar-refractivity contribution in [3.8, 4) is 6.01 Å². The highest BCUT2D eigenvalue weighted by Gasteiger charge is 2.12. The van der Waals surface area contributed by atoms with Crippen molar-refractivity contribution in [2.75, 3.05) is 30.9 Å². The van der Waals surface area contributed by atoms with Crippen LogP contribution < -0.4 is 15.0 Å². The summed E-state index contributed by atoms with van der Waals surface area (Å²) >= 11 is 1.63. The zero-order chi connectivity index (χ0) is 14.5. The molecule has 2 heterocycles. The van der Waals surface area contributed by atoms with Gasteiger partial charge in [-0.15, -0.1) is 11.3 Å². The summed E-state index contributed by atoms with van der Waals surface area (Å²) in [7, 11) is 3.46. The molecule has 0 saturated carbocycles. The number of methoxy groups -OCH3 is 1. The van der Waals surface area contributed by atoms with E-state index in [1.54, 1.807) is 18.4 Å². The van der Waals surface area contributed by atoms with Crippen LogP contribution in [0.25, 0.3) is 0 Å². The molecule has 2 rings (SSSR count). The molecule has 0 unspecified atom stereocenters. The molecule has 2 aromatic rings. The van der Waals surface area contributed by atoms with Gasteiger partial charge in [0.2, 0.25) is 11.9 Å². The molecule has 0 amide bonds. The Bertz CT molecular complexity index is 573. The van der Waals surface area contributed by atoms with Gasteiger partial charge in [0.15, 0.2) is 0 Å². The number of aromatic nitrogens is 4. The molecule has 1 N–H and O–H groups in total.